The third-order valence-corrected chi connectivity index (χ3v) is 5.43. The monoisotopic (exact) mass is 410 g/mol. The van der Waals surface area contributed by atoms with Crippen molar-refractivity contribution in [2.75, 3.05) is 0 Å². The average molecular weight is 410 g/mol. The fourth-order valence-corrected chi connectivity index (χ4v) is 3.88. The fraction of sp³-hybridized carbons (Fsp3) is 0.182. The van der Waals surface area contributed by atoms with Crippen LogP contribution in [0, 0.1) is 11.3 Å². The molecular weight excluding hydrogens is 392 g/mol. The molecule has 0 aliphatic carbocycles. The van der Waals surface area contributed by atoms with Crippen molar-refractivity contribution in [1.29, 1.82) is 5.26 Å². The molecule has 152 valence electrons. The van der Waals surface area contributed by atoms with Crippen LogP contribution in [0.1, 0.15) is 36.7 Å². The number of imidazole rings is 2. The van der Waals surface area contributed by atoms with E-state index >= 15 is 0 Å². The zero-order valence-corrected chi connectivity index (χ0v) is 16.9. The van der Waals surface area contributed by atoms with Gasteiger partial charge < -0.3 is 4.98 Å². The predicted molar refractivity (Wildman–Crippen MR) is 115 cm³/mol. The lowest BCUT2D eigenvalue weighted by Crippen LogP contribution is -2.22. The highest BCUT2D eigenvalue weighted by Crippen LogP contribution is 2.24. The van der Waals surface area contributed by atoms with Gasteiger partial charge in [0, 0.05) is 11.9 Å². The van der Waals surface area contributed by atoms with E-state index in [1.165, 1.54) is 0 Å². The van der Waals surface area contributed by atoms with Gasteiger partial charge in [0.05, 0.1) is 34.9 Å². The second-order valence-corrected chi connectivity index (χ2v) is 7.21. The maximum atomic E-state index is 12.8. The first-order valence-electron chi connectivity index (χ1n) is 9.89. The lowest BCUT2D eigenvalue weighted by Gasteiger charge is -2.16. The van der Waals surface area contributed by atoms with Gasteiger partial charge in [-0.25, -0.2) is 14.8 Å². The van der Waals surface area contributed by atoms with Crippen molar-refractivity contribution < 1.29 is 0 Å². The molecule has 5 aromatic rings. The number of nitriles is 1. The number of benzene rings is 1. The molecule has 0 aliphatic heterocycles. The normalized spacial score (nSPS) is 12.3. The van der Waals surface area contributed by atoms with Crippen molar-refractivity contribution in [2.24, 2.45) is 0 Å². The van der Waals surface area contributed by atoms with Crippen LogP contribution < -0.4 is 5.69 Å². The number of hydrogen-bond donors (Lipinski definition) is 1. The Hall–Kier alpha value is -4.32. The highest BCUT2D eigenvalue weighted by molar-refractivity contribution is 5.79. The Labute approximate surface area is 176 Å². The Balaban J connectivity index is 1.70. The summed E-state index contributed by atoms with van der Waals surface area (Å²) in [5.41, 5.74) is 4.65. The number of fused-ring (bicyclic) bond motifs is 2. The van der Waals surface area contributed by atoms with Gasteiger partial charge in [0.25, 0.3) is 0 Å². The molecule has 0 radical (unpaired) electrons. The van der Waals surface area contributed by atoms with E-state index in [2.05, 4.69) is 31.0 Å². The van der Waals surface area contributed by atoms with E-state index in [1.807, 2.05) is 26.0 Å². The minimum absolute atomic E-state index is 0.262. The molecule has 1 atom stereocenters. The SMILES string of the molecule is CCc1ncccc1C(C)n1c(=O)[nH]c2cnc(-n3cnc4ccc(C#N)cc43)nc21. The number of aromatic nitrogens is 7. The van der Waals surface area contributed by atoms with Gasteiger partial charge in [0.1, 0.15) is 11.8 Å². The van der Waals surface area contributed by atoms with Gasteiger partial charge >= 0.3 is 5.69 Å². The number of aromatic amines is 1. The van der Waals surface area contributed by atoms with E-state index in [0.717, 1.165) is 28.7 Å². The molecule has 0 saturated heterocycles. The number of pyridine rings is 1. The Morgan fingerprint density at radius 2 is 2.10 bits per heavy atom. The van der Waals surface area contributed by atoms with E-state index < -0.39 is 0 Å². The van der Waals surface area contributed by atoms with Gasteiger partial charge in [-0.2, -0.15) is 10.2 Å². The van der Waals surface area contributed by atoms with Gasteiger partial charge in [-0.05, 0) is 43.2 Å². The first-order chi connectivity index (χ1) is 15.1. The maximum Gasteiger partial charge on any atom is 0.328 e. The average Bonchev–Trinajstić information content (AvgIpc) is 3.37. The summed E-state index contributed by atoms with van der Waals surface area (Å²) in [6.07, 6.45) is 5.72. The molecule has 5 rings (SSSR count). The molecule has 9 nitrogen and oxygen atoms in total. The molecule has 4 heterocycles. The van der Waals surface area contributed by atoms with Crippen molar-refractivity contribution in [3.63, 3.8) is 0 Å². The summed E-state index contributed by atoms with van der Waals surface area (Å²) in [5, 5.41) is 9.23. The number of H-pyrrole nitrogens is 1. The Morgan fingerprint density at radius 3 is 2.90 bits per heavy atom. The number of nitrogens with zero attached hydrogens (tertiary/aromatic N) is 7. The first kappa shape index (κ1) is 18.7. The molecule has 0 aliphatic rings. The van der Waals surface area contributed by atoms with Crippen LogP contribution >= 0.6 is 0 Å². The van der Waals surface area contributed by atoms with Gasteiger partial charge in [0.15, 0.2) is 5.65 Å². The summed E-state index contributed by atoms with van der Waals surface area (Å²) >= 11 is 0. The van der Waals surface area contributed by atoms with Crippen molar-refractivity contribution in [1.82, 2.24) is 34.1 Å². The van der Waals surface area contributed by atoms with Crippen molar-refractivity contribution in [2.45, 2.75) is 26.3 Å². The molecular formula is C22H18N8O. The Bertz CT molecular complexity index is 1530. The molecule has 9 heteroatoms. The number of nitrogens with one attached hydrogen (secondary N) is 1. The van der Waals surface area contributed by atoms with E-state index in [-0.39, 0.29) is 11.7 Å². The largest absolute Gasteiger partial charge is 0.328 e. The molecule has 31 heavy (non-hydrogen) atoms. The molecule has 0 bridgehead atoms. The Kier molecular flexibility index (Phi) is 4.33. The third-order valence-electron chi connectivity index (χ3n) is 5.43. The second-order valence-electron chi connectivity index (χ2n) is 7.21. The number of aryl methyl sites for hydroxylation is 1. The standard InChI is InChI=1S/C22H18N8O/c1-3-16-15(5-4-8-24-16)13(2)30-20-18(27-22(30)31)11-25-21(28-20)29-12-26-17-7-6-14(10-23)9-19(17)29/h4-9,11-13H,3H2,1-2H3,(H,27,31). The molecule has 1 unspecified atom stereocenters. The van der Waals surface area contributed by atoms with Crippen LogP contribution in [-0.4, -0.2) is 34.1 Å². The topological polar surface area (TPSA) is 118 Å². The number of hydrogen-bond acceptors (Lipinski definition) is 6. The van der Waals surface area contributed by atoms with E-state index in [1.54, 1.807) is 46.1 Å². The second kappa shape index (κ2) is 7.18. The van der Waals surface area contributed by atoms with Gasteiger partial charge in [0.2, 0.25) is 5.95 Å². The van der Waals surface area contributed by atoms with Crippen molar-refractivity contribution in [3.8, 4) is 12.0 Å². The third kappa shape index (κ3) is 2.97. The van der Waals surface area contributed by atoms with Crippen LogP contribution in [0.5, 0.6) is 0 Å². The summed E-state index contributed by atoms with van der Waals surface area (Å²) < 4.78 is 3.33. The van der Waals surface area contributed by atoms with E-state index in [0.29, 0.717) is 22.7 Å². The fourth-order valence-electron chi connectivity index (χ4n) is 3.88. The summed E-state index contributed by atoms with van der Waals surface area (Å²) in [6, 6.07) is 11.0. The summed E-state index contributed by atoms with van der Waals surface area (Å²) in [6.45, 7) is 3.99. The molecule has 0 saturated carbocycles. The summed E-state index contributed by atoms with van der Waals surface area (Å²) in [7, 11) is 0. The zero-order chi connectivity index (χ0) is 21.5. The van der Waals surface area contributed by atoms with Crippen LogP contribution in [0.3, 0.4) is 0 Å². The highest BCUT2D eigenvalue weighted by atomic mass is 16.1. The zero-order valence-electron chi connectivity index (χ0n) is 16.9. The highest BCUT2D eigenvalue weighted by Gasteiger charge is 2.20. The first-order valence-corrected chi connectivity index (χ1v) is 9.89. The van der Waals surface area contributed by atoms with Crippen LogP contribution in [-0.2, 0) is 6.42 Å². The predicted octanol–water partition coefficient (Wildman–Crippen LogP) is 2.90. The van der Waals surface area contributed by atoms with Gasteiger partial charge in [-0.3, -0.25) is 14.1 Å². The molecule has 1 aromatic carbocycles. The van der Waals surface area contributed by atoms with Gasteiger partial charge in [-0.1, -0.05) is 13.0 Å². The lowest BCUT2D eigenvalue weighted by atomic mass is 10.0. The maximum absolute atomic E-state index is 12.8. The Morgan fingerprint density at radius 1 is 1.23 bits per heavy atom. The number of rotatable bonds is 4. The van der Waals surface area contributed by atoms with Gasteiger partial charge in [-0.15, -0.1) is 0 Å². The molecule has 0 fully saturated rings. The van der Waals surface area contributed by atoms with Crippen molar-refractivity contribution >= 4 is 22.2 Å². The van der Waals surface area contributed by atoms with Crippen molar-refractivity contribution in [3.05, 3.63) is 76.4 Å². The molecule has 0 spiro atoms. The van der Waals surface area contributed by atoms with Crippen LogP contribution in [0.25, 0.3) is 28.1 Å². The summed E-state index contributed by atoms with van der Waals surface area (Å²) in [4.78, 5) is 33.6. The lowest BCUT2D eigenvalue weighted by molar-refractivity contribution is 0.619. The van der Waals surface area contributed by atoms with Crippen LogP contribution in [0.15, 0.2) is 53.8 Å². The van der Waals surface area contributed by atoms with E-state index in [9.17, 15) is 10.1 Å². The molecule has 4 aromatic heterocycles. The smallest absolute Gasteiger partial charge is 0.303 e. The van der Waals surface area contributed by atoms with E-state index in [4.69, 9.17) is 0 Å². The van der Waals surface area contributed by atoms with Crippen LogP contribution in [0.4, 0.5) is 0 Å². The minimum Gasteiger partial charge on any atom is -0.303 e. The molecule has 1 N–H and O–H groups in total. The summed E-state index contributed by atoms with van der Waals surface area (Å²) in [5.74, 6) is 0.368. The molecule has 0 amide bonds. The minimum atomic E-state index is -0.266. The quantitative estimate of drug-likeness (QED) is 0.487. The van der Waals surface area contributed by atoms with Crippen LogP contribution in [0.2, 0.25) is 0 Å².